The number of nitrogens with one attached hydrogen (secondary N) is 1. The molecule has 2 aromatic rings. The fraction of sp³-hybridized carbons (Fsp3) is 0.381. The van der Waals surface area contributed by atoms with Gasteiger partial charge in [0.1, 0.15) is 5.75 Å². The summed E-state index contributed by atoms with van der Waals surface area (Å²) < 4.78 is 11.2. The summed E-state index contributed by atoms with van der Waals surface area (Å²) in [5.41, 5.74) is 18.7. The van der Waals surface area contributed by atoms with Gasteiger partial charge < -0.3 is 26.3 Å². The van der Waals surface area contributed by atoms with Crippen molar-refractivity contribution in [2.24, 2.45) is 22.2 Å². The molecule has 1 fully saturated rings. The molecule has 0 spiro atoms. The van der Waals surface area contributed by atoms with E-state index in [1.807, 2.05) is 24.3 Å². The Hall–Kier alpha value is -2.23. The zero-order valence-electron chi connectivity index (χ0n) is 17.2. The van der Waals surface area contributed by atoms with Gasteiger partial charge in [0, 0.05) is 30.9 Å². The van der Waals surface area contributed by atoms with Gasteiger partial charge in [-0.2, -0.15) is 0 Å². The van der Waals surface area contributed by atoms with E-state index in [2.05, 4.69) is 15.2 Å². The quantitative estimate of drug-likeness (QED) is 0.193. The minimum Gasteiger partial charge on any atom is -0.494 e. The number of nitrogens with two attached hydrogens (primary N) is 3. The van der Waals surface area contributed by atoms with Crippen LogP contribution < -0.4 is 27.3 Å². The smallest absolute Gasteiger partial charge is 0.189 e. The summed E-state index contributed by atoms with van der Waals surface area (Å²) >= 11 is 13.0. The number of hydrogen-bond donors (Lipinski definition) is 4. The second-order valence-corrected chi connectivity index (χ2v) is 7.95. The van der Waals surface area contributed by atoms with E-state index in [0.717, 1.165) is 56.1 Å². The number of aliphatic imine (C=N–C) groups is 1. The first-order valence-electron chi connectivity index (χ1n) is 10.1. The second kappa shape index (κ2) is 11.4. The maximum atomic E-state index is 6.48. The molecule has 1 heterocycles. The minimum atomic E-state index is -0.803. The highest BCUT2D eigenvalue weighted by atomic mass is 35.5. The number of nitrogens with zero attached hydrogens (tertiary/aromatic N) is 2. The lowest BCUT2D eigenvalue weighted by Crippen LogP contribution is -2.37. The molecular formula is C21H28Cl2N6O2. The highest BCUT2D eigenvalue weighted by Gasteiger charge is 2.13. The van der Waals surface area contributed by atoms with Gasteiger partial charge in [0.2, 0.25) is 0 Å². The summed E-state index contributed by atoms with van der Waals surface area (Å²) in [6.45, 7) is 5.28. The number of halogens is 2. The van der Waals surface area contributed by atoms with E-state index in [1.54, 1.807) is 12.1 Å². The summed E-state index contributed by atoms with van der Waals surface area (Å²) in [4.78, 5) is 6.20. The van der Waals surface area contributed by atoms with Crippen molar-refractivity contribution in [2.75, 3.05) is 44.8 Å². The van der Waals surface area contributed by atoms with E-state index in [0.29, 0.717) is 22.3 Å². The molecule has 31 heavy (non-hydrogen) atoms. The van der Waals surface area contributed by atoms with Crippen LogP contribution in [0.25, 0.3) is 11.1 Å². The Morgan fingerprint density at radius 3 is 2.39 bits per heavy atom. The third kappa shape index (κ3) is 7.15. The lowest BCUT2D eigenvalue weighted by molar-refractivity contribution is 0.0358. The molecule has 0 radical (unpaired) electrons. The van der Waals surface area contributed by atoms with Gasteiger partial charge >= 0.3 is 0 Å². The van der Waals surface area contributed by atoms with Crippen molar-refractivity contribution in [2.45, 2.75) is 12.7 Å². The van der Waals surface area contributed by atoms with E-state index >= 15 is 0 Å². The van der Waals surface area contributed by atoms with Gasteiger partial charge in [-0.05, 0) is 36.2 Å². The number of guanidine groups is 1. The van der Waals surface area contributed by atoms with E-state index in [-0.39, 0.29) is 5.96 Å². The zero-order chi connectivity index (χ0) is 22.2. The molecule has 1 aliphatic heterocycles. The van der Waals surface area contributed by atoms with E-state index < -0.39 is 6.29 Å². The average Bonchev–Trinajstić information content (AvgIpc) is 2.72. The third-order valence-corrected chi connectivity index (χ3v) is 5.38. The molecule has 0 aliphatic carbocycles. The van der Waals surface area contributed by atoms with Crippen LogP contribution in [0.4, 0.5) is 5.69 Å². The Labute approximate surface area is 192 Å². The summed E-state index contributed by atoms with van der Waals surface area (Å²) in [6.07, 6.45) is 0.165. The van der Waals surface area contributed by atoms with Gasteiger partial charge in [-0.15, -0.1) is 0 Å². The fourth-order valence-electron chi connectivity index (χ4n) is 3.32. The topological polar surface area (TPSA) is 124 Å². The molecule has 1 saturated heterocycles. The van der Waals surface area contributed by atoms with Gasteiger partial charge in [0.15, 0.2) is 12.2 Å². The number of ether oxygens (including phenoxy) is 2. The molecule has 8 nitrogen and oxygen atoms in total. The molecule has 1 atom stereocenters. The van der Waals surface area contributed by atoms with Crippen molar-refractivity contribution in [1.29, 1.82) is 0 Å². The predicted octanol–water partition coefficient (Wildman–Crippen LogP) is 2.69. The number of hydrogen-bond acceptors (Lipinski definition) is 6. The van der Waals surface area contributed by atoms with Crippen molar-refractivity contribution in [3.8, 4) is 16.9 Å². The first-order chi connectivity index (χ1) is 14.9. The summed E-state index contributed by atoms with van der Waals surface area (Å²) in [6, 6.07) is 11.1. The number of rotatable bonds is 9. The van der Waals surface area contributed by atoms with E-state index in [1.165, 1.54) is 0 Å². The molecule has 0 aromatic heterocycles. The van der Waals surface area contributed by atoms with Crippen LogP contribution in [0.3, 0.4) is 0 Å². The largest absolute Gasteiger partial charge is 0.494 e. The molecule has 1 aliphatic rings. The Kier molecular flexibility index (Phi) is 8.62. The van der Waals surface area contributed by atoms with Crippen molar-refractivity contribution in [3.63, 3.8) is 0 Å². The van der Waals surface area contributed by atoms with Crippen LogP contribution in [0.1, 0.15) is 6.42 Å². The van der Waals surface area contributed by atoms with Crippen molar-refractivity contribution in [3.05, 3.63) is 46.4 Å². The Bertz CT molecular complexity index is 861. The predicted molar refractivity (Wildman–Crippen MR) is 127 cm³/mol. The first-order valence-corrected chi connectivity index (χ1v) is 10.8. The molecule has 7 N–H and O–H groups in total. The van der Waals surface area contributed by atoms with Crippen molar-refractivity contribution >= 4 is 34.8 Å². The van der Waals surface area contributed by atoms with Crippen molar-refractivity contribution in [1.82, 2.24) is 4.90 Å². The van der Waals surface area contributed by atoms with Crippen LogP contribution in [0, 0.1) is 0 Å². The normalized spacial score (nSPS) is 15.3. The van der Waals surface area contributed by atoms with Crippen LogP contribution >= 0.6 is 23.2 Å². The van der Waals surface area contributed by atoms with E-state index in [9.17, 15) is 0 Å². The summed E-state index contributed by atoms with van der Waals surface area (Å²) in [5.74, 6) is 0.691. The number of anilines is 1. The first kappa shape index (κ1) is 23.4. The van der Waals surface area contributed by atoms with Crippen LogP contribution in [-0.2, 0) is 4.74 Å². The molecule has 0 amide bonds. The van der Waals surface area contributed by atoms with E-state index in [4.69, 9.17) is 49.9 Å². The molecule has 168 valence electrons. The van der Waals surface area contributed by atoms with Crippen LogP contribution in [0.15, 0.2) is 41.4 Å². The maximum Gasteiger partial charge on any atom is 0.189 e. The lowest BCUT2D eigenvalue weighted by Gasteiger charge is -2.26. The number of benzene rings is 2. The van der Waals surface area contributed by atoms with Crippen LogP contribution in [-0.4, -0.2) is 56.6 Å². The molecule has 1 unspecified atom stereocenters. The lowest BCUT2D eigenvalue weighted by atomic mass is 10.0. The molecule has 3 rings (SSSR count). The molecule has 10 heteroatoms. The van der Waals surface area contributed by atoms with Gasteiger partial charge in [-0.1, -0.05) is 35.3 Å². The highest BCUT2D eigenvalue weighted by molar-refractivity contribution is 6.39. The number of morpholine rings is 1. The second-order valence-electron chi connectivity index (χ2n) is 7.14. The maximum absolute atomic E-state index is 6.48. The minimum absolute atomic E-state index is 0.114. The molecule has 2 aromatic carbocycles. The van der Waals surface area contributed by atoms with Crippen LogP contribution in [0.2, 0.25) is 10.0 Å². The summed E-state index contributed by atoms with van der Waals surface area (Å²) in [7, 11) is 0. The fourth-order valence-corrected chi connectivity index (χ4v) is 4.02. The van der Waals surface area contributed by atoms with Crippen LogP contribution in [0.5, 0.6) is 5.75 Å². The van der Waals surface area contributed by atoms with Crippen molar-refractivity contribution < 1.29 is 9.47 Å². The van der Waals surface area contributed by atoms with Gasteiger partial charge in [0.25, 0.3) is 0 Å². The zero-order valence-corrected chi connectivity index (χ0v) is 18.7. The molecule has 0 bridgehead atoms. The monoisotopic (exact) mass is 466 g/mol. The Morgan fingerprint density at radius 2 is 1.77 bits per heavy atom. The highest BCUT2D eigenvalue weighted by Crippen LogP contribution is 2.38. The molecule has 0 saturated carbocycles. The SMILES string of the molecule is NC(N)=NC(N)Nc1cc(Cl)c(-c2ccc(OCCCN3CCOCC3)cc2)c(Cl)c1. The standard InChI is InChI=1S/C21H28Cl2N6O2/c22-17-12-15(27-21(26)28-20(24)25)13-18(23)19(17)14-2-4-16(5-3-14)31-9-1-6-29-7-10-30-11-8-29/h2-5,12-13,21,27H,1,6-11,26H2,(H4,24,25,28). The van der Waals surface area contributed by atoms with Gasteiger partial charge in [-0.3, -0.25) is 10.6 Å². The van der Waals surface area contributed by atoms with Gasteiger partial charge in [-0.25, -0.2) is 4.99 Å². The summed E-state index contributed by atoms with van der Waals surface area (Å²) in [5, 5.41) is 3.88. The Morgan fingerprint density at radius 1 is 1.13 bits per heavy atom. The third-order valence-electron chi connectivity index (χ3n) is 4.78. The average molecular weight is 467 g/mol. The Balaban J connectivity index is 1.57. The van der Waals surface area contributed by atoms with Gasteiger partial charge in [0.05, 0.1) is 29.9 Å². The molecular weight excluding hydrogens is 439 g/mol.